The fraction of sp³-hybridized carbons (Fsp3) is 0.700. The van der Waals surface area contributed by atoms with E-state index in [1.807, 2.05) is 0 Å². The average Bonchev–Trinajstić information content (AvgIpc) is 2.02. The molecule has 0 saturated heterocycles. The fourth-order valence-electron chi connectivity index (χ4n) is 1.58. The lowest BCUT2D eigenvalue weighted by molar-refractivity contribution is -0.118. The summed E-state index contributed by atoms with van der Waals surface area (Å²) in [5.41, 5.74) is 0. The van der Waals surface area contributed by atoms with Crippen molar-refractivity contribution in [2.45, 2.75) is 25.9 Å². The van der Waals surface area contributed by atoms with E-state index in [1.54, 1.807) is 14.0 Å². The minimum absolute atomic E-state index is 0.0426. The van der Waals surface area contributed by atoms with Crippen LogP contribution in [0.4, 0.5) is 0 Å². The SMILES string of the molecule is CC#C[C@H](OC)[C@@H]1CC[C@H]1C=O. The Morgan fingerprint density at radius 3 is 2.67 bits per heavy atom. The van der Waals surface area contributed by atoms with Crippen molar-refractivity contribution in [2.75, 3.05) is 7.11 Å². The molecule has 1 saturated carbocycles. The zero-order chi connectivity index (χ0) is 8.97. The van der Waals surface area contributed by atoms with Crippen LogP contribution in [0.25, 0.3) is 0 Å². The first kappa shape index (κ1) is 9.28. The van der Waals surface area contributed by atoms with Crippen LogP contribution in [0.1, 0.15) is 19.8 Å². The van der Waals surface area contributed by atoms with Crippen molar-refractivity contribution in [2.24, 2.45) is 11.8 Å². The van der Waals surface area contributed by atoms with Gasteiger partial charge in [-0.25, -0.2) is 0 Å². The van der Waals surface area contributed by atoms with Gasteiger partial charge in [0.05, 0.1) is 0 Å². The number of carbonyl (C=O) groups excluding carboxylic acids is 1. The summed E-state index contributed by atoms with van der Waals surface area (Å²) in [5, 5.41) is 0. The smallest absolute Gasteiger partial charge is 0.123 e. The Balaban J connectivity index is 2.52. The van der Waals surface area contributed by atoms with E-state index in [0.29, 0.717) is 5.92 Å². The van der Waals surface area contributed by atoms with E-state index in [-0.39, 0.29) is 12.0 Å². The van der Waals surface area contributed by atoms with Gasteiger partial charge in [-0.05, 0) is 19.8 Å². The maximum atomic E-state index is 10.5. The Morgan fingerprint density at radius 2 is 2.33 bits per heavy atom. The molecule has 0 radical (unpaired) electrons. The predicted octanol–water partition coefficient (Wildman–Crippen LogP) is 1.25. The van der Waals surface area contributed by atoms with Gasteiger partial charge < -0.3 is 9.53 Å². The molecule has 0 N–H and O–H groups in total. The van der Waals surface area contributed by atoms with Crippen molar-refractivity contribution >= 4 is 6.29 Å². The third kappa shape index (κ3) is 1.67. The minimum atomic E-state index is -0.0426. The van der Waals surface area contributed by atoms with Gasteiger partial charge in [-0.3, -0.25) is 0 Å². The summed E-state index contributed by atoms with van der Waals surface area (Å²) in [4.78, 5) is 10.5. The van der Waals surface area contributed by atoms with Crippen LogP contribution in [-0.2, 0) is 9.53 Å². The normalized spacial score (nSPS) is 29.5. The largest absolute Gasteiger partial charge is 0.368 e. The van der Waals surface area contributed by atoms with E-state index in [9.17, 15) is 4.79 Å². The molecule has 2 heteroatoms. The molecule has 0 bridgehead atoms. The number of hydrogen-bond acceptors (Lipinski definition) is 2. The Bertz CT molecular complexity index is 212. The summed E-state index contributed by atoms with van der Waals surface area (Å²) in [7, 11) is 1.65. The molecule has 1 fully saturated rings. The molecule has 0 amide bonds. The lowest BCUT2D eigenvalue weighted by Crippen LogP contribution is -2.37. The molecule has 12 heavy (non-hydrogen) atoms. The monoisotopic (exact) mass is 166 g/mol. The van der Waals surface area contributed by atoms with E-state index in [2.05, 4.69) is 11.8 Å². The number of ether oxygens (including phenoxy) is 1. The Morgan fingerprint density at radius 1 is 1.58 bits per heavy atom. The second-order valence-corrected chi connectivity index (χ2v) is 3.09. The number of hydrogen-bond donors (Lipinski definition) is 0. The lowest BCUT2D eigenvalue weighted by Gasteiger charge is -2.35. The van der Waals surface area contributed by atoms with Gasteiger partial charge in [0, 0.05) is 18.9 Å². The zero-order valence-electron chi connectivity index (χ0n) is 7.54. The van der Waals surface area contributed by atoms with Gasteiger partial charge in [0.15, 0.2) is 0 Å². The first-order valence-electron chi connectivity index (χ1n) is 4.23. The van der Waals surface area contributed by atoms with Crippen LogP contribution in [0.2, 0.25) is 0 Å². The maximum Gasteiger partial charge on any atom is 0.123 e. The predicted molar refractivity (Wildman–Crippen MR) is 46.5 cm³/mol. The number of rotatable bonds is 3. The Labute approximate surface area is 73.3 Å². The highest BCUT2D eigenvalue weighted by Crippen LogP contribution is 2.36. The second-order valence-electron chi connectivity index (χ2n) is 3.09. The highest BCUT2D eigenvalue weighted by Gasteiger charge is 2.36. The van der Waals surface area contributed by atoms with Crippen molar-refractivity contribution in [1.29, 1.82) is 0 Å². The van der Waals surface area contributed by atoms with Gasteiger partial charge in [0.2, 0.25) is 0 Å². The molecule has 1 rings (SSSR count). The molecule has 1 aliphatic carbocycles. The molecule has 66 valence electrons. The molecule has 0 aromatic carbocycles. The van der Waals surface area contributed by atoms with Crippen molar-refractivity contribution < 1.29 is 9.53 Å². The van der Waals surface area contributed by atoms with Crippen LogP contribution in [-0.4, -0.2) is 19.5 Å². The molecule has 2 nitrogen and oxygen atoms in total. The van der Waals surface area contributed by atoms with Crippen molar-refractivity contribution in [3.63, 3.8) is 0 Å². The molecular formula is C10H14O2. The Kier molecular flexibility index (Phi) is 3.31. The molecular weight excluding hydrogens is 152 g/mol. The number of aldehydes is 1. The van der Waals surface area contributed by atoms with Crippen molar-refractivity contribution in [3.05, 3.63) is 0 Å². The third-order valence-electron chi connectivity index (χ3n) is 2.49. The average molecular weight is 166 g/mol. The van der Waals surface area contributed by atoms with E-state index in [1.165, 1.54) is 0 Å². The standard InChI is InChI=1S/C10H14O2/c1-3-4-10(12-2)9-6-5-8(9)7-11/h7-10H,5-6H2,1-2H3/t8-,9+,10-/m0/s1. The molecule has 0 aromatic heterocycles. The van der Waals surface area contributed by atoms with Crippen LogP contribution in [0.15, 0.2) is 0 Å². The third-order valence-corrected chi connectivity index (χ3v) is 2.49. The van der Waals surface area contributed by atoms with E-state index >= 15 is 0 Å². The summed E-state index contributed by atoms with van der Waals surface area (Å²) < 4.78 is 5.19. The second kappa shape index (κ2) is 4.27. The summed E-state index contributed by atoms with van der Waals surface area (Å²) in [5.74, 6) is 6.30. The fourth-order valence-corrected chi connectivity index (χ4v) is 1.58. The topological polar surface area (TPSA) is 26.3 Å². The van der Waals surface area contributed by atoms with Crippen LogP contribution >= 0.6 is 0 Å². The van der Waals surface area contributed by atoms with Crippen molar-refractivity contribution in [1.82, 2.24) is 0 Å². The van der Waals surface area contributed by atoms with Gasteiger partial charge in [-0.1, -0.05) is 5.92 Å². The van der Waals surface area contributed by atoms with Crippen LogP contribution in [0, 0.1) is 23.7 Å². The highest BCUT2D eigenvalue weighted by atomic mass is 16.5. The quantitative estimate of drug-likeness (QED) is 0.466. The minimum Gasteiger partial charge on any atom is -0.368 e. The molecule has 0 heterocycles. The molecule has 0 unspecified atom stereocenters. The van der Waals surface area contributed by atoms with Crippen LogP contribution in [0.3, 0.4) is 0 Å². The number of methoxy groups -OCH3 is 1. The molecule has 0 spiro atoms. The Hall–Kier alpha value is -0.810. The summed E-state index contributed by atoms with van der Waals surface area (Å²) in [6, 6.07) is 0. The molecule has 0 aromatic rings. The summed E-state index contributed by atoms with van der Waals surface area (Å²) in [6.45, 7) is 1.79. The molecule has 3 atom stereocenters. The molecule has 0 aliphatic heterocycles. The maximum absolute atomic E-state index is 10.5. The zero-order valence-corrected chi connectivity index (χ0v) is 7.54. The first-order chi connectivity index (χ1) is 5.83. The van der Waals surface area contributed by atoms with Gasteiger partial charge in [-0.2, -0.15) is 0 Å². The van der Waals surface area contributed by atoms with Gasteiger partial charge in [-0.15, -0.1) is 5.92 Å². The van der Waals surface area contributed by atoms with Crippen molar-refractivity contribution in [3.8, 4) is 11.8 Å². The summed E-state index contributed by atoms with van der Waals surface area (Å²) >= 11 is 0. The molecule has 1 aliphatic rings. The van der Waals surface area contributed by atoms with Gasteiger partial charge in [0.25, 0.3) is 0 Å². The van der Waals surface area contributed by atoms with Crippen LogP contribution in [0.5, 0.6) is 0 Å². The van der Waals surface area contributed by atoms with Crippen LogP contribution < -0.4 is 0 Å². The number of carbonyl (C=O) groups is 1. The summed E-state index contributed by atoms with van der Waals surface area (Å²) in [6.07, 6.45) is 3.05. The van der Waals surface area contributed by atoms with E-state index in [0.717, 1.165) is 19.1 Å². The lowest BCUT2D eigenvalue weighted by atomic mass is 9.71. The van der Waals surface area contributed by atoms with Gasteiger partial charge in [0.1, 0.15) is 12.4 Å². The highest BCUT2D eigenvalue weighted by molar-refractivity contribution is 5.56. The van der Waals surface area contributed by atoms with E-state index in [4.69, 9.17) is 4.74 Å². The van der Waals surface area contributed by atoms with E-state index < -0.39 is 0 Å². The first-order valence-corrected chi connectivity index (χ1v) is 4.23. The van der Waals surface area contributed by atoms with Gasteiger partial charge >= 0.3 is 0 Å².